The number of hydrogen-bond acceptors (Lipinski definition) is 1. The third-order valence-electron chi connectivity index (χ3n) is 5.44. The van der Waals surface area contributed by atoms with Crippen LogP contribution in [0.4, 0.5) is 17.1 Å². The molecule has 4 aromatic rings. The molecule has 1 nitrogen and oxygen atoms in total. The number of aryl methyl sites for hydroxylation is 4. The Hall–Kier alpha value is -3.32. The molecule has 0 saturated carbocycles. The highest BCUT2D eigenvalue weighted by Crippen LogP contribution is 2.39. The smallest absolute Gasteiger partial charge is 0.0491 e. The van der Waals surface area contributed by atoms with Crippen LogP contribution in [0.3, 0.4) is 0 Å². The Morgan fingerprint density at radius 3 is 1.86 bits per heavy atom. The van der Waals surface area contributed by atoms with Crippen molar-refractivity contribution in [1.29, 1.82) is 0 Å². The standard InChI is InChI=1S/C28H27N/c1-20-12-15-26(16-13-20)29(27-11-6-5-9-22(27)3)28-17-14-25(19-23(28)4)24-10-7-8-21(2)18-24/h5-19H,1-4H3. The van der Waals surface area contributed by atoms with Crippen molar-refractivity contribution in [2.45, 2.75) is 27.7 Å². The van der Waals surface area contributed by atoms with Crippen molar-refractivity contribution in [3.8, 4) is 11.1 Å². The van der Waals surface area contributed by atoms with Crippen molar-refractivity contribution in [2.75, 3.05) is 4.90 Å². The van der Waals surface area contributed by atoms with Gasteiger partial charge in [0.25, 0.3) is 0 Å². The van der Waals surface area contributed by atoms with Crippen LogP contribution in [0.25, 0.3) is 11.1 Å². The summed E-state index contributed by atoms with van der Waals surface area (Å²) in [5.74, 6) is 0. The maximum Gasteiger partial charge on any atom is 0.0491 e. The summed E-state index contributed by atoms with van der Waals surface area (Å²) in [6.45, 7) is 8.65. The Morgan fingerprint density at radius 1 is 0.483 bits per heavy atom. The molecule has 0 fully saturated rings. The van der Waals surface area contributed by atoms with Crippen LogP contribution in [0.1, 0.15) is 22.3 Å². The topological polar surface area (TPSA) is 3.24 Å². The Labute approximate surface area is 174 Å². The van der Waals surface area contributed by atoms with Crippen LogP contribution in [0, 0.1) is 27.7 Å². The van der Waals surface area contributed by atoms with E-state index in [1.807, 2.05) is 0 Å². The van der Waals surface area contributed by atoms with E-state index < -0.39 is 0 Å². The van der Waals surface area contributed by atoms with Gasteiger partial charge in [0.05, 0.1) is 0 Å². The molecule has 0 aromatic heterocycles. The van der Waals surface area contributed by atoms with Gasteiger partial charge in [-0.05, 0) is 80.3 Å². The lowest BCUT2D eigenvalue weighted by atomic mass is 9.99. The first kappa shape index (κ1) is 19.0. The number of nitrogens with zero attached hydrogens (tertiary/aromatic N) is 1. The van der Waals surface area contributed by atoms with Crippen LogP contribution in [-0.4, -0.2) is 0 Å². The zero-order valence-electron chi connectivity index (χ0n) is 17.6. The van der Waals surface area contributed by atoms with Gasteiger partial charge in [-0.2, -0.15) is 0 Å². The summed E-state index contributed by atoms with van der Waals surface area (Å²) >= 11 is 0. The molecule has 0 saturated heterocycles. The highest BCUT2D eigenvalue weighted by molar-refractivity contribution is 5.81. The van der Waals surface area contributed by atoms with E-state index in [0.29, 0.717) is 0 Å². The van der Waals surface area contributed by atoms with Crippen LogP contribution in [0.15, 0.2) is 91.0 Å². The summed E-state index contributed by atoms with van der Waals surface area (Å²) < 4.78 is 0. The zero-order chi connectivity index (χ0) is 20.4. The molecule has 4 rings (SSSR count). The second kappa shape index (κ2) is 7.97. The number of anilines is 3. The van der Waals surface area contributed by atoms with Gasteiger partial charge in [-0.3, -0.25) is 0 Å². The average molecular weight is 378 g/mol. The summed E-state index contributed by atoms with van der Waals surface area (Å²) in [4.78, 5) is 2.37. The first-order valence-electron chi connectivity index (χ1n) is 10.1. The van der Waals surface area contributed by atoms with E-state index in [1.165, 1.54) is 50.4 Å². The summed E-state index contributed by atoms with van der Waals surface area (Å²) in [5, 5.41) is 0. The molecule has 0 N–H and O–H groups in total. The second-order valence-corrected chi connectivity index (χ2v) is 7.83. The molecular weight excluding hydrogens is 350 g/mol. The van der Waals surface area contributed by atoms with Crippen molar-refractivity contribution < 1.29 is 0 Å². The number of rotatable bonds is 4. The van der Waals surface area contributed by atoms with Gasteiger partial charge in [0.15, 0.2) is 0 Å². The van der Waals surface area contributed by atoms with Gasteiger partial charge in [0.2, 0.25) is 0 Å². The summed E-state index contributed by atoms with van der Waals surface area (Å²) in [6, 6.07) is 32.8. The van der Waals surface area contributed by atoms with Crippen LogP contribution in [0.2, 0.25) is 0 Å². The van der Waals surface area contributed by atoms with Crippen molar-refractivity contribution in [3.63, 3.8) is 0 Å². The molecule has 0 aliphatic carbocycles. The van der Waals surface area contributed by atoms with Crippen molar-refractivity contribution in [3.05, 3.63) is 113 Å². The van der Waals surface area contributed by atoms with E-state index in [9.17, 15) is 0 Å². The largest absolute Gasteiger partial charge is 0.310 e. The molecule has 0 spiro atoms. The molecule has 144 valence electrons. The van der Waals surface area contributed by atoms with E-state index in [4.69, 9.17) is 0 Å². The summed E-state index contributed by atoms with van der Waals surface area (Å²) in [5.41, 5.74) is 11.2. The van der Waals surface area contributed by atoms with E-state index >= 15 is 0 Å². The van der Waals surface area contributed by atoms with Crippen LogP contribution in [-0.2, 0) is 0 Å². The van der Waals surface area contributed by atoms with Gasteiger partial charge in [0, 0.05) is 17.1 Å². The minimum atomic E-state index is 1.18. The van der Waals surface area contributed by atoms with Crippen LogP contribution in [0.5, 0.6) is 0 Å². The van der Waals surface area contributed by atoms with Gasteiger partial charge >= 0.3 is 0 Å². The lowest BCUT2D eigenvalue weighted by Crippen LogP contribution is -2.12. The van der Waals surface area contributed by atoms with E-state index in [1.54, 1.807) is 0 Å². The monoisotopic (exact) mass is 377 g/mol. The summed E-state index contributed by atoms with van der Waals surface area (Å²) in [6.07, 6.45) is 0. The molecular formula is C28H27N. The second-order valence-electron chi connectivity index (χ2n) is 7.83. The molecule has 0 heterocycles. The Balaban J connectivity index is 1.85. The Kier molecular flexibility index (Phi) is 5.22. The molecule has 0 bridgehead atoms. The van der Waals surface area contributed by atoms with E-state index in [-0.39, 0.29) is 0 Å². The minimum absolute atomic E-state index is 1.18. The van der Waals surface area contributed by atoms with Crippen LogP contribution >= 0.6 is 0 Å². The van der Waals surface area contributed by atoms with Crippen molar-refractivity contribution in [2.24, 2.45) is 0 Å². The lowest BCUT2D eigenvalue weighted by Gasteiger charge is -2.29. The SMILES string of the molecule is Cc1ccc(N(c2ccccc2C)c2ccc(-c3cccc(C)c3)cc2C)cc1. The third-order valence-corrected chi connectivity index (χ3v) is 5.44. The zero-order valence-corrected chi connectivity index (χ0v) is 17.6. The van der Waals surface area contributed by atoms with E-state index in [2.05, 4.69) is 124 Å². The minimum Gasteiger partial charge on any atom is -0.310 e. The predicted molar refractivity (Wildman–Crippen MR) is 126 cm³/mol. The molecule has 0 unspecified atom stereocenters. The molecule has 0 aliphatic rings. The maximum absolute atomic E-state index is 2.37. The molecule has 29 heavy (non-hydrogen) atoms. The fraction of sp³-hybridized carbons (Fsp3) is 0.143. The molecule has 4 aromatic carbocycles. The molecule has 0 atom stereocenters. The van der Waals surface area contributed by atoms with Gasteiger partial charge in [-0.25, -0.2) is 0 Å². The summed E-state index contributed by atoms with van der Waals surface area (Å²) in [7, 11) is 0. The molecule has 0 radical (unpaired) electrons. The molecule has 0 amide bonds. The highest BCUT2D eigenvalue weighted by atomic mass is 15.1. The third kappa shape index (κ3) is 3.95. The molecule has 0 aliphatic heterocycles. The van der Waals surface area contributed by atoms with Gasteiger partial charge in [-0.15, -0.1) is 0 Å². The Bertz CT molecular complexity index is 1140. The van der Waals surface area contributed by atoms with Crippen molar-refractivity contribution in [1.82, 2.24) is 0 Å². The van der Waals surface area contributed by atoms with Crippen molar-refractivity contribution >= 4 is 17.1 Å². The maximum atomic E-state index is 2.37. The Morgan fingerprint density at radius 2 is 1.17 bits per heavy atom. The number of benzene rings is 4. The quantitative estimate of drug-likeness (QED) is 0.347. The van der Waals surface area contributed by atoms with Gasteiger partial charge in [0.1, 0.15) is 0 Å². The highest BCUT2D eigenvalue weighted by Gasteiger charge is 2.16. The van der Waals surface area contributed by atoms with Crippen LogP contribution < -0.4 is 4.90 Å². The van der Waals surface area contributed by atoms with E-state index in [0.717, 1.165) is 0 Å². The fourth-order valence-electron chi connectivity index (χ4n) is 3.83. The van der Waals surface area contributed by atoms with Gasteiger partial charge in [-0.1, -0.05) is 71.8 Å². The first-order chi connectivity index (χ1) is 14.0. The predicted octanol–water partition coefficient (Wildman–Crippen LogP) is 8.06. The number of para-hydroxylation sites is 1. The molecule has 1 heteroatoms. The lowest BCUT2D eigenvalue weighted by molar-refractivity contribution is 1.22. The average Bonchev–Trinajstić information content (AvgIpc) is 2.72. The fourth-order valence-corrected chi connectivity index (χ4v) is 3.83. The first-order valence-corrected chi connectivity index (χ1v) is 10.1. The number of hydrogen-bond donors (Lipinski definition) is 0. The van der Waals surface area contributed by atoms with Gasteiger partial charge < -0.3 is 4.90 Å². The normalized spacial score (nSPS) is 10.8.